The zero-order chi connectivity index (χ0) is 27.6. The Morgan fingerprint density at radius 1 is 1.05 bits per heavy atom. The molecule has 1 heterocycles. The van der Waals surface area contributed by atoms with Crippen LogP contribution in [-0.2, 0) is 6.61 Å². The molecule has 4 nitrogen and oxygen atoms in total. The number of methoxy groups -OCH3 is 1. The minimum Gasteiger partial charge on any atom is -0.493 e. The minimum atomic E-state index is -0.290. The molecule has 4 aromatic carbocycles. The van der Waals surface area contributed by atoms with Gasteiger partial charge in [-0.15, -0.1) is 0 Å². The number of rotatable bonds is 7. The lowest BCUT2D eigenvalue weighted by molar-refractivity contribution is 0.282. The van der Waals surface area contributed by atoms with Crippen LogP contribution in [0.1, 0.15) is 46.2 Å². The first-order valence-electron chi connectivity index (χ1n) is 13.4. The Morgan fingerprint density at radius 3 is 2.70 bits per heavy atom. The molecule has 0 unspecified atom stereocenters. The Labute approximate surface area is 242 Å². The molecule has 0 spiro atoms. The minimum absolute atomic E-state index is 0.227. The number of hydrogen-bond donors (Lipinski definition) is 1. The van der Waals surface area contributed by atoms with Crippen molar-refractivity contribution in [2.75, 3.05) is 12.4 Å². The molecule has 1 aliphatic carbocycles. The van der Waals surface area contributed by atoms with Crippen molar-refractivity contribution < 1.29 is 13.9 Å². The average Bonchev–Trinajstić information content (AvgIpc) is 3.46. The Morgan fingerprint density at radius 2 is 1.90 bits per heavy atom. The molecular formula is C34H30BrFN2O2. The van der Waals surface area contributed by atoms with E-state index in [0.717, 1.165) is 27.7 Å². The summed E-state index contributed by atoms with van der Waals surface area (Å²) in [5.74, 6) is 1.80. The van der Waals surface area contributed by atoms with E-state index in [1.54, 1.807) is 13.2 Å². The summed E-state index contributed by atoms with van der Waals surface area (Å²) < 4.78 is 25.8. The maximum atomic E-state index is 13.5. The third kappa shape index (κ3) is 5.41. The summed E-state index contributed by atoms with van der Waals surface area (Å²) in [4.78, 5) is 4.71. The van der Waals surface area contributed by atoms with Crippen LogP contribution in [0.3, 0.4) is 0 Å². The van der Waals surface area contributed by atoms with Gasteiger partial charge in [0, 0.05) is 17.8 Å². The van der Waals surface area contributed by atoms with Crippen molar-refractivity contribution in [3.8, 4) is 11.5 Å². The summed E-state index contributed by atoms with van der Waals surface area (Å²) in [5.41, 5.74) is 7.69. The highest BCUT2D eigenvalue weighted by Gasteiger charge is 2.37. The van der Waals surface area contributed by atoms with Gasteiger partial charge in [-0.1, -0.05) is 54.1 Å². The number of anilines is 1. The lowest BCUT2D eigenvalue weighted by atomic mass is 9.76. The molecule has 2 aliphatic rings. The fourth-order valence-electron chi connectivity index (χ4n) is 5.70. The standard InChI is InChI=1S/C34H30BrFN2O2/c1-21-9-14-31-29(15-21)27-7-4-8-28(27)33(38-31)24-10-12-26(13-11-24)37-19-23-17-30(35)34(32(18-23)39-2)40-20-22-5-3-6-25(36)16-22/h3-7,9-19,27-28,33,38H,8,20H2,1-2H3/t27-,28-,33-/m0/s1. The van der Waals surface area contributed by atoms with Gasteiger partial charge in [-0.2, -0.15) is 0 Å². The number of ether oxygens (including phenoxy) is 2. The highest BCUT2D eigenvalue weighted by molar-refractivity contribution is 9.10. The molecule has 0 amide bonds. The van der Waals surface area contributed by atoms with E-state index in [4.69, 9.17) is 14.5 Å². The van der Waals surface area contributed by atoms with Crippen molar-refractivity contribution in [1.82, 2.24) is 0 Å². The predicted molar refractivity (Wildman–Crippen MR) is 163 cm³/mol. The van der Waals surface area contributed by atoms with Crippen LogP contribution in [0.2, 0.25) is 0 Å². The van der Waals surface area contributed by atoms with Crippen molar-refractivity contribution in [2.24, 2.45) is 10.9 Å². The van der Waals surface area contributed by atoms with Gasteiger partial charge in [0.2, 0.25) is 0 Å². The molecule has 0 radical (unpaired) electrons. The summed E-state index contributed by atoms with van der Waals surface area (Å²) in [5, 5.41) is 3.81. The first kappa shape index (κ1) is 26.3. The van der Waals surface area contributed by atoms with Gasteiger partial charge in [0.25, 0.3) is 0 Å². The van der Waals surface area contributed by atoms with E-state index in [0.29, 0.717) is 23.3 Å². The largest absolute Gasteiger partial charge is 0.493 e. The molecule has 4 aromatic rings. The van der Waals surface area contributed by atoms with Gasteiger partial charge < -0.3 is 14.8 Å². The normalized spacial score (nSPS) is 19.2. The van der Waals surface area contributed by atoms with E-state index in [1.165, 1.54) is 34.5 Å². The van der Waals surface area contributed by atoms with Crippen molar-refractivity contribution in [1.29, 1.82) is 0 Å². The summed E-state index contributed by atoms with van der Waals surface area (Å²) in [7, 11) is 1.60. The second-order valence-electron chi connectivity index (χ2n) is 10.4. The van der Waals surface area contributed by atoms with Crippen molar-refractivity contribution in [3.63, 3.8) is 0 Å². The number of nitrogens with one attached hydrogen (secondary N) is 1. The molecule has 1 N–H and O–H groups in total. The van der Waals surface area contributed by atoms with Gasteiger partial charge >= 0.3 is 0 Å². The summed E-state index contributed by atoms with van der Waals surface area (Å²) in [6.07, 6.45) is 7.59. The van der Waals surface area contributed by atoms with Crippen LogP contribution in [0.15, 0.2) is 100 Å². The number of aryl methyl sites for hydroxylation is 1. The third-order valence-corrected chi connectivity index (χ3v) is 8.25. The SMILES string of the molecule is COc1cc(C=Nc2ccc([C@@H]3Nc4ccc(C)cc4[C@H]4C=CC[C@@H]43)cc2)cc(Br)c1OCc1cccc(F)c1. The van der Waals surface area contributed by atoms with E-state index < -0.39 is 0 Å². The summed E-state index contributed by atoms with van der Waals surface area (Å²) in [6, 6.07) is 25.6. The second-order valence-corrected chi connectivity index (χ2v) is 11.2. The van der Waals surface area contributed by atoms with Gasteiger partial charge in [0.05, 0.1) is 23.3 Å². The van der Waals surface area contributed by atoms with Crippen molar-refractivity contribution in [3.05, 3.63) is 129 Å². The van der Waals surface area contributed by atoms with Gasteiger partial charge in [-0.25, -0.2) is 4.39 Å². The fraction of sp³-hybridized carbons (Fsp3) is 0.206. The number of allylic oxidation sites excluding steroid dienone is 2. The molecule has 0 bridgehead atoms. The fourth-order valence-corrected chi connectivity index (χ4v) is 6.27. The van der Waals surface area contributed by atoms with Gasteiger partial charge in [-0.05, 0) is 99.9 Å². The summed E-state index contributed by atoms with van der Waals surface area (Å²) >= 11 is 3.59. The number of fused-ring (bicyclic) bond motifs is 3. The van der Waals surface area contributed by atoms with E-state index in [1.807, 2.05) is 24.4 Å². The second kappa shape index (κ2) is 11.3. The molecule has 6 rings (SSSR count). The number of nitrogens with zero attached hydrogens (tertiary/aromatic N) is 1. The van der Waals surface area contributed by atoms with Gasteiger partial charge in [-0.3, -0.25) is 4.99 Å². The highest BCUT2D eigenvalue weighted by atomic mass is 79.9. The molecule has 1 aliphatic heterocycles. The van der Waals surface area contributed by atoms with Gasteiger partial charge in [0.15, 0.2) is 11.5 Å². The topological polar surface area (TPSA) is 42.8 Å². The molecule has 40 heavy (non-hydrogen) atoms. The molecule has 0 aromatic heterocycles. The lowest BCUT2D eigenvalue weighted by Crippen LogP contribution is -2.29. The Bertz CT molecular complexity index is 1600. The molecule has 3 atom stereocenters. The quantitative estimate of drug-likeness (QED) is 0.171. The van der Waals surface area contributed by atoms with Crippen LogP contribution in [0.5, 0.6) is 11.5 Å². The number of halogens is 2. The van der Waals surface area contributed by atoms with Crippen LogP contribution in [0.25, 0.3) is 0 Å². The van der Waals surface area contributed by atoms with E-state index in [2.05, 4.69) is 82.8 Å². The van der Waals surface area contributed by atoms with Gasteiger partial charge in [0.1, 0.15) is 12.4 Å². The van der Waals surface area contributed by atoms with Crippen LogP contribution >= 0.6 is 15.9 Å². The Balaban J connectivity index is 1.17. The van der Waals surface area contributed by atoms with E-state index in [9.17, 15) is 4.39 Å². The first-order valence-corrected chi connectivity index (χ1v) is 14.2. The maximum Gasteiger partial charge on any atom is 0.175 e. The Hall–Kier alpha value is -3.90. The molecule has 6 heteroatoms. The maximum absolute atomic E-state index is 13.5. The van der Waals surface area contributed by atoms with Crippen LogP contribution < -0.4 is 14.8 Å². The molecular weight excluding hydrogens is 567 g/mol. The van der Waals surface area contributed by atoms with Crippen molar-refractivity contribution >= 4 is 33.5 Å². The smallest absolute Gasteiger partial charge is 0.175 e. The number of aliphatic imine (C=N–C) groups is 1. The molecule has 0 fully saturated rings. The zero-order valence-electron chi connectivity index (χ0n) is 22.4. The Kier molecular flexibility index (Phi) is 7.44. The average molecular weight is 598 g/mol. The van der Waals surface area contributed by atoms with E-state index >= 15 is 0 Å². The number of benzene rings is 4. The van der Waals surface area contributed by atoms with Crippen LogP contribution in [-0.4, -0.2) is 13.3 Å². The monoisotopic (exact) mass is 596 g/mol. The van der Waals surface area contributed by atoms with Crippen LogP contribution in [0.4, 0.5) is 15.8 Å². The molecule has 202 valence electrons. The molecule has 0 saturated heterocycles. The zero-order valence-corrected chi connectivity index (χ0v) is 24.0. The predicted octanol–water partition coefficient (Wildman–Crippen LogP) is 9.06. The lowest BCUT2D eigenvalue weighted by Gasteiger charge is -2.37. The van der Waals surface area contributed by atoms with Crippen molar-refractivity contribution in [2.45, 2.75) is 31.9 Å². The first-order chi connectivity index (χ1) is 19.5. The molecule has 0 saturated carbocycles. The number of hydrogen-bond acceptors (Lipinski definition) is 4. The third-order valence-electron chi connectivity index (χ3n) is 7.66. The summed E-state index contributed by atoms with van der Waals surface area (Å²) in [6.45, 7) is 2.39. The highest BCUT2D eigenvalue weighted by Crippen LogP contribution is 2.50. The van der Waals surface area contributed by atoms with Crippen LogP contribution in [0, 0.1) is 18.7 Å². The van der Waals surface area contributed by atoms with E-state index in [-0.39, 0.29) is 18.5 Å².